The van der Waals surface area contributed by atoms with Crippen LogP contribution in [0.5, 0.6) is 0 Å². The molecule has 10 heteroatoms. The zero-order valence-electron chi connectivity index (χ0n) is 19.9. The average molecular weight is 492 g/mol. The molecule has 3 aromatic heterocycles. The quantitative estimate of drug-likeness (QED) is 0.423. The fourth-order valence-electron chi connectivity index (χ4n) is 4.07. The number of aryl methyl sites for hydroxylation is 1. The molecule has 1 aliphatic rings. The van der Waals surface area contributed by atoms with Gasteiger partial charge in [0.05, 0.1) is 28.8 Å². The lowest BCUT2D eigenvalue weighted by molar-refractivity contribution is 0.0306. The third-order valence-electron chi connectivity index (χ3n) is 5.73. The summed E-state index contributed by atoms with van der Waals surface area (Å²) in [7, 11) is -3.85. The number of carbonyl (C=O) groups excluding carboxylic acids is 1. The number of pyridine rings is 1. The monoisotopic (exact) mass is 491 g/mol. The minimum absolute atomic E-state index is 0.179. The van der Waals surface area contributed by atoms with Crippen molar-refractivity contribution in [3.8, 4) is 0 Å². The summed E-state index contributed by atoms with van der Waals surface area (Å²) in [6, 6.07) is 8.40. The number of hydrogen-bond acceptors (Lipinski definition) is 7. The molecule has 1 aromatic carbocycles. The SMILES string of the molecule is Cc1ccc(S(=O)(=O)n2ccc3c4c(C5=CCN(C(=O)OC(C)(C)C)C5)ncnc4cnc32)cc1. The fraction of sp³-hybridized carbons (Fsp3) is 0.280. The van der Waals surface area contributed by atoms with E-state index >= 15 is 0 Å². The van der Waals surface area contributed by atoms with Crippen LogP contribution in [-0.4, -0.2) is 57.0 Å². The summed E-state index contributed by atoms with van der Waals surface area (Å²) in [6.45, 7) is 8.10. The lowest BCUT2D eigenvalue weighted by Gasteiger charge is -2.24. The first-order chi connectivity index (χ1) is 16.5. The normalized spacial score (nSPS) is 14.5. The Hall–Kier alpha value is -3.79. The molecule has 0 aliphatic carbocycles. The van der Waals surface area contributed by atoms with Crippen molar-refractivity contribution in [3.05, 3.63) is 66.4 Å². The van der Waals surface area contributed by atoms with Crippen LogP contribution in [0.3, 0.4) is 0 Å². The van der Waals surface area contributed by atoms with Gasteiger partial charge in [-0.2, -0.15) is 0 Å². The van der Waals surface area contributed by atoms with Crippen molar-refractivity contribution in [2.45, 2.75) is 38.2 Å². The highest BCUT2D eigenvalue weighted by Gasteiger charge is 2.28. The average Bonchev–Trinajstić information content (AvgIpc) is 3.46. The second kappa shape index (κ2) is 8.16. The summed E-state index contributed by atoms with van der Waals surface area (Å²) in [5, 5.41) is 1.30. The maximum absolute atomic E-state index is 13.4. The summed E-state index contributed by atoms with van der Waals surface area (Å²) < 4.78 is 33.4. The molecule has 5 rings (SSSR count). The Labute approximate surface area is 203 Å². The van der Waals surface area contributed by atoms with Crippen molar-refractivity contribution in [3.63, 3.8) is 0 Å². The number of benzene rings is 1. The molecule has 4 heterocycles. The minimum Gasteiger partial charge on any atom is -0.444 e. The second-order valence-electron chi connectivity index (χ2n) is 9.50. The highest BCUT2D eigenvalue weighted by Crippen LogP contribution is 2.32. The van der Waals surface area contributed by atoms with Crippen molar-refractivity contribution in [1.82, 2.24) is 23.8 Å². The Morgan fingerprint density at radius 3 is 2.51 bits per heavy atom. The van der Waals surface area contributed by atoms with E-state index in [4.69, 9.17) is 4.74 Å². The van der Waals surface area contributed by atoms with E-state index < -0.39 is 21.7 Å². The van der Waals surface area contributed by atoms with Gasteiger partial charge < -0.3 is 9.64 Å². The van der Waals surface area contributed by atoms with Crippen molar-refractivity contribution >= 4 is 43.6 Å². The minimum atomic E-state index is -3.85. The maximum atomic E-state index is 13.4. The van der Waals surface area contributed by atoms with Crippen LogP contribution in [0.1, 0.15) is 32.0 Å². The van der Waals surface area contributed by atoms with Crippen LogP contribution in [0.2, 0.25) is 0 Å². The number of rotatable bonds is 3. The van der Waals surface area contributed by atoms with Crippen molar-refractivity contribution in [2.75, 3.05) is 13.1 Å². The third kappa shape index (κ3) is 4.14. The molecular formula is C25H25N5O4S. The van der Waals surface area contributed by atoms with E-state index in [2.05, 4.69) is 15.0 Å². The van der Waals surface area contributed by atoms with Crippen LogP contribution in [0.15, 0.2) is 60.0 Å². The molecule has 0 saturated carbocycles. The van der Waals surface area contributed by atoms with Crippen molar-refractivity contribution in [2.24, 2.45) is 0 Å². The Balaban J connectivity index is 1.57. The summed E-state index contributed by atoms with van der Waals surface area (Å²) >= 11 is 0. The molecule has 35 heavy (non-hydrogen) atoms. The van der Waals surface area contributed by atoms with Crippen molar-refractivity contribution < 1.29 is 17.9 Å². The molecule has 4 aromatic rings. The van der Waals surface area contributed by atoms with Gasteiger partial charge in [0.15, 0.2) is 5.65 Å². The number of ether oxygens (including phenoxy) is 1. The molecule has 180 valence electrons. The molecule has 0 saturated heterocycles. The molecule has 0 radical (unpaired) electrons. The zero-order valence-corrected chi connectivity index (χ0v) is 20.7. The van der Waals surface area contributed by atoms with Gasteiger partial charge in [-0.25, -0.2) is 32.1 Å². The first-order valence-corrected chi connectivity index (χ1v) is 12.6. The smallest absolute Gasteiger partial charge is 0.410 e. The van der Waals surface area contributed by atoms with E-state index in [0.717, 1.165) is 11.1 Å². The second-order valence-corrected chi connectivity index (χ2v) is 11.3. The Morgan fingerprint density at radius 2 is 1.80 bits per heavy atom. The first kappa shape index (κ1) is 23.0. The van der Waals surface area contributed by atoms with Crippen LogP contribution in [-0.2, 0) is 14.8 Å². The zero-order chi connectivity index (χ0) is 25.0. The van der Waals surface area contributed by atoms with Crippen LogP contribution < -0.4 is 0 Å². The third-order valence-corrected chi connectivity index (χ3v) is 7.41. The number of fused-ring (bicyclic) bond motifs is 3. The topological polar surface area (TPSA) is 107 Å². The standard InChI is InChI=1S/C25H25N5O4S/c1-16-5-7-18(8-6-16)35(32,33)30-12-10-19-21-20(13-26-23(19)30)27-15-28-22(21)17-9-11-29(14-17)24(31)34-25(2,3)4/h5-10,12-13,15H,11,14H2,1-4H3. The van der Waals surface area contributed by atoms with Gasteiger partial charge in [-0.3, -0.25) is 0 Å². The van der Waals surface area contributed by atoms with E-state index in [1.165, 1.54) is 16.5 Å². The molecular weight excluding hydrogens is 466 g/mol. The van der Waals surface area contributed by atoms with E-state index in [-0.39, 0.29) is 10.5 Å². The van der Waals surface area contributed by atoms with Crippen LogP contribution in [0, 0.1) is 6.92 Å². The molecule has 0 N–H and O–H groups in total. The first-order valence-electron chi connectivity index (χ1n) is 11.1. The van der Waals surface area contributed by atoms with Gasteiger partial charge in [0.2, 0.25) is 0 Å². The van der Waals surface area contributed by atoms with Gasteiger partial charge >= 0.3 is 6.09 Å². The number of carbonyl (C=O) groups is 1. The lowest BCUT2D eigenvalue weighted by Crippen LogP contribution is -2.35. The number of nitrogens with zero attached hydrogens (tertiary/aromatic N) is 5. The highest BCUT2D eigenvalue weighted by molar-refractivity contribution is 7.90. The van der Waals surface area contributed by atoms with Gasteiger partial charge in [-0.05, 0) is 51.5 Å². The van der Waals surface area contributed by atoms with E-state index in [0.29, 0.717) is 35.1 Å². The van der Waals surface area contributed by atoms with E-state index in [1.807, 2.05) is 33.8 Å². The molecule has 1 amide bonds. The van der Waals surface area contributed by atoms with Gasteiger partial charge in [0, 0.05) is 23.5 Å². The number of hydrogen-bond donors (Lipinski definition) is 0. The fourth-order valence-corrected chi connectivity index (χ4v) is 5.37. The highest BCUT2D eigenvalue weighted by atomic mass is 32.2. The predicted octanol–water partition coefficient (Wildman–Crippen LogP) is 4.16. The number of amides is 1. The Morgan fingerprint density at radius 1 is 1.06 bits per heavy atom. The molecule has 0 bridgehead atoms. The largest absolute Gasteiger partial charge is 0.444 e. The van der Waals surface area contributed by atoms with Crippen LogP contribution in [0.4, 0.5) is 4.79 Å². The van der Waals surface area contributed by atoms with Gasteiger partial charge in [0.1, 0.15) is 11.9 Å². The summed E-state index contributed by atoms with van der Waals surface area (Å²) in [5.41, 5.74) is 2.73. The molecule has 0 atom stereocenters. The summed E-state index contributed by atoms with van der Waals surface area (Å²) in [6.07, 6.45) is 6.02. The van der Waals surface area contributed by atoms with Gasteiger partial charge in [-0.15, -0.1) is 0 Å². The Bertz CT molecular complexity index is 1600. The summed E-state index contributed by atoms with van der Waals surface area (Å²) in [4.78, 5) is 27.6. The van der Waals surface area contributed by atoms with Crippen LogP contribution >= 0.6 is 0 Å². The maximum Gasteiger partial charge on any atom is 0.410 e. The molecule has 9 nitrogen and oxygen atoms in total. The summed E-state index contributed by atoms with van der Waals surface area (Å²) in [5.74, 6) is 0. The van der Waals surface area contributed by atoms with Crippen molar-refractivity contribution in [1.29, 1.82) is 0 Å². The predicted molar refractivity (Wildman–Crippen MR) is 132 cm³/mol. The van der Waals surface area contributed by atoms with E-state index in [9.17, 15) is 13.2 Å². The van der Waals surface area contributed by atoms with Gasteiger partial charge in [0.25, 0.3) is 10.0 Å². The molecule has 0 fully saturated rings. The molecule has 0 spiro atoms. The molecule has 1 aliphatic heterocycles. The van der Waals surface area contributed by atoms with Gasteiger partial charge in [-0.1, -0.05) is 23.8 Å². The van der Waals surface area contributed by atoms with E-state index in [1.54, 1.807) is 41.4 Å². The van der Waals surface area contributed by atoms with Crippen LogP contribution in [0.25, 0.3) is 27.5 Å². The Kier molecular flexibility index (Phi) is 5.36. The molecule has 0 unspecified atom stereocenters. The lowest BCUT2D eigenvalue weighted by atomic mass is 10.1. The number of aromatic nitrogens is 4.